The fourth-order valence-electron chi connectivity index (χ4n) is 3.88. The Balaban J connectivity index is 2.00. The molecule has 2 aliphatic heterocycles. The minimum Gasteiger partial charge on any atom is -0.497 e. The van der Waals surface area contributed by atoms with Gasteiger partial charge in [0.25, 0.3) is 0 Å². The van der Waals surface area contributed by atoms with Crippen LogP contribution in [0.15, 0.2) is 18.2 Å². The molecule has 1 amide bonds. The predicted octanol–water partition coefficient (Wildman–Crippen LogP) is 3.18. The number of nitrogens with zero attached hydrogens (tertiary/aromatic N) is 1. The third-order valence-corrected chi connectivity index (χ3v) is 5.46. The van der Waals surface area contributed by atoms with Gasteiger partial charge < -0.3 is 14.5 Å². The molecule has 1 N–H and O–H groups in total. The molecule has 1 saturated heterocycles. The number of hydrogen-bond donors (Lipinski definition) is 1. The molecule has 3 heterocycles. The van der Waals surface area contributed by atoms with Gasteiger partial charge in [0.1, 0.15) is 16.9 Å². The molecule has 0 saturated carbocycles. The van der Waals surface area contributed by atoms with Crippen LogP contribution in [0.3, 0.4) is 0 Å². The minimum absolute atomic E-state index is 0.227. The molecule has 22 heavy (non-hydrogen) atoms. The number of rotatable bonds is 1. The van der Waals surface area contributed by atoms with Gasteiger partial charge in [0.05, 0.1) is 7.11 Å². The summed E-state index contributed by atoms with van der Waals surface area (Å²) in [4.78, 5) is 17.6. The van der Waals surface area contributed by atoms with E-state index in [1.54, 1.807) is 7.11 Å². The van der Waals surface area contributed by atoms with Gasteiger partial charge in [-0.1, -0.05) is 0 Å². The summed E-state index contributed by atoms with van der Waals surface area (Å²) in [7, 11) is 1.68. The molecule has 1 fully saturated rings. The van der Waals surface area contributed by atoms with Crippen molar-refractivity contribution in [3.8, 4) is 5.75 Å². The second-order valence-corrected chi connectivity index (χ2v) is 6.74. The van der Waals surface area contributed by atoms with Gasteiger partial charge in [-0.2, -0.15) is 0 Å². The van der Waals surface area contributed by atoms with E-state index < -0.39 is 11.1 Å². The Hall–Kier alpha value is -2.17. The van der Waals surface area contributed by atoms with E-state index in [0.29, 0.717) is 6.54 Å². The van der Waals surface area contributed by atoms with Crippen LogP contribution in [-0.2, 0) is 16.7 Å². The fourth-order valence-corrected chi connectivity index (χ4v) is 3.88. The molecule has 0 bridgehead atoms. The van der Waals surface area contributed by atoms with Crippen molar-refractivity contribution in [2.24, 2.45) is 0 Å². The maximum absolute atomic E-state index is 12.2. The van der Waals surface area contributed by atoms with E-state index in [-0.39, 0.29) is 6.09 Å². The van der Waals surface area contributed by atoms with Crippen LogP contribution in [0, 0.1) is 0 Å². The average molecular weight is 300 g/mol. The zero-order chi connectivity index (χ0) is 15.7. The summed E-state index contributed by atoms with van der Waals surface area (Å²) in [5, 5.41) is 1.17. The number of cyclic esters (lactones) is 1. The lowest BCUT2D eigenvalue weighted by atomic mass is 9.76. The fraction of sp³-hybridized carbons (Fsp3) is 0.471. The first-order valence-electron chi connectivity index (χ1n) is 7.58. The number of ether oxygens (including phenoxy) is 2. The number of aromatic nitrogens is 1. The van der Waals surface area contributed by atoms with E-state index in [4.69, 9.17) is 9.47 Å². The lowest BCUT2D eigenvalue weighted by molar-refractivity contribution is 0.0172. The Kier molecular flexibility index (Phi) is 2.43. The van der Waals surface area contributed by atoms with E-state index in [9.17, 15) is 4.79 Å². The molecule has 1 unspecified atom stereocenters. The summed E-state index contributed by atoms with van der Waals surface area (Å²) in [5.74, 6) is 0.847. The van der Waals surface area contributed by atoms with E-state index in [0.717, 1.165) is 23.4 Å². The van der Waals surface area contributed by atoms with E-state index in [1.165, 1.54) is 10.9 Å². The molecule has 1 aromatic carbocycles. The van der Waals surface area contributed by atoms with Crippen LogP contribution in [0.2, 0.25) is 0 Å². The Morgan fingerprint density at radius 1 is 1.32 bits per heavy atom. The first kappa shape index (κ1) is 13.5. The third-order valence-electron chi connectivity index (χ3n) is 5.46. The number of hydrogen-bond acceptors (Lipinski definition) is 3. The Morgan fingerprint density at radius 2 is 2.09 bits per heavy atom. The topological polar surface area (TPSA) is 54.6 Å². The smallest absolute Gasteiger partial charge is 0.411 e. The SMILES string of the molecule is COc1ccc2[nH]c3c(c2c1)CCN1C(=O)OC(C)(C)C31C. The van der Waals surface area contributed by atoms with Crippen LogP contribution in [-0.4, -0.2) is 35.2 Å². The van der Waals surface area contributed by atoms with Gasteiger partial charge in [-0.3, -0.25) is 4.90 Å². The number of benzene rings is 1. The van der Waals surface area contributed by atoms with Crippen LogP contribution in [0.5, 0.6) is 5.75 Å². The van der Waals surface area contributed by atoms with Crippen LogP contribution in [0.25, 0.3) is 10.9 Å². The molecule has 0 aliphatic carbocycles. The van der Waals surface area contributed by atoms with Crippen LogP contribution < -0.4 is 4.74 Å². The molecule has 0 radical (unpaired) electrons. The molecule has 5 heteroatoms. The number of H-pyrrole nitrogens is 1. The summed E-state index contributed by atoms with van der Waals surface area (Å²) in [5.41, 5.74) is 2.36. The Labute approximate surface area is 129 Å². The summed E-state index contributed by atoms with van der Waals surface area (Å²) >= 11 is 0. The van der Waals surface area contributed by atoms with E-state index >= 15 is 0 Å². The van der Waals surface area contributed by atoms with E-state index in [1.807, 2.05) is 30.9 Å². The number of nitrogens with one attached hydrogen (secondary N) is 1. The number of aromatic amines is 1. The van der Waals surface area contributed by atoms with Crippen LogP contribution in [0.1, 0.15) is 32.0 Å². The number of methoxy groups -OCH3 is 1. The van der Waals surface area contributed by atoms with Gasteiger partial charge in [0.15, 0.2) is 0 Å². The second kappa shape index (κ2) is 3.97. The summed E-state index contributed by atoms with van der Waals surface area (Å²) in [6, 6.07) is 6.05. The minimum atomic E-state index is -0.579. The highest BCUT2D eigenvalue weighted by Gasteiger charge is 2.61. The van der Waals surface area contributed by atoms with Gasteiger partial charge in [0.2, 0.25) is 0 Å². The maximum atomic E-state index is 12.2. The highest BCUT2D eigenvalue weighted by Crippen LogP contribution is 2.50. The second-order valence-electron chi connectivity index (χ2n) is 6.74. The van der Waals surface area contributed by atoms with Crippen molar-refractivity contribution in [3.05, 3.63) is 29.5 Å². The normalized spacial score (nSPS) is 25.8. The van der Waals surface area contributed by atoms with Gasteiger partial charge in [0, 0.05) is 23.1 Å². The summed E-state index contributed by atoms with van der Waals surface area (Å²) < 4.78 is 11.0. The van der Waals surface area contributed by atoms with Crippen molar-refractivity contribution in [2.45, 2.75) is 38.3 Å². The molecular formula is C17H20N2O3. The summed E-state index contributed by atoms with van der Waals surface area (Å²) in [6.07, 6.45) is 0.595. The van der Waals surface area contributed by atoms with Crippen LogP contribution >= 0.6 is 0 Å². The third kappa shape index (κ3) is 1.41. The molecule has 2 aliphatic rings. The van der Waals surface area contributed by atoms with Gasteiger partial charge >= 0.3 is 6.09 Å². The van der Waals surface area contributed by atoms with Crippen molar-refractivity contribution in [3.63, 3.8) is 0 Å². The van der Waals surface area contributed by atoms with Crippen molar-refractivity contribution in [1.82, 2.24) is 9.88 Å². The van der Waals surface area contributed by atoms with E-state index in [2.05, 4.69) is 18.0 Å². The lowest BCUT2D eigenvalue weighted by Crippen LogP contribution is -2.54. The number of fused-ring (bicyclic) bond motifs is 5. The van der Waals surface area contributed by atoms with Gasteiger partial charge in [-0.25, -0.2) is 4.79 Å². The largest absolute Gasteiger partial charge is 0.497 e. The first-order valence-corrected chi connectivity index (χ1v) is 7.58. The standard InChI is InChI=1S/C17H20N2O3/c1-16(2)17(3)14-11(7-8-19(17)15(20)22-16)12-9-10(21-4)5-6-13(12)18-14/h5-6,9,18H,7-8H2,1-4H3. The predicted molar refractivity (Wildman–Crippen MR) is 83.2 cm³/mol. The van der Waals surface area contributed by atoms with Crippen LogP contribution in [0.4, 0.5) is 4.79 Å². The van der Waals surface area contributed by atoms with Gasteiger partial charge in [-0.05, 0) is 51.0 Å². The summed E-state index contributed by atoms with van der Waals surface area (Å²) in [6.45, 7) is 6.72. The monoisotopic (exact) mass is 300 g/mol. The average Bonchev–Trinajstić information content (AvgIpc) is 2.93. The molecule has 0 spiro atoms. The maximum Gasteiger partial charge on any atom is 0.411 e. The van der Waals surface area contributed by atoms with Crippen molar-refractivity contribution in [1.29, 1.82) is 0 Å². The molecular weight excluding hydrogens is 280 g/mol. The quantitative estimate of drug-likeness (QED) is 0.880. The lowest BCUT2D eigenvalue weighted by Gasteiger charge is -2.43. The highest BCUT2D eigenvalue weighted by molar-refractivity contribution is 5.88. The zero-order valence-electron chi connectivity index (χ0n) is 13.3. The van der Waals surface area contributed by atoms with Crippen molar-refractivity contribution >= 4 is 17.0 Å². The molecule has 1 atom stereocenters. The Bertz CT molecular complexity index is 793. The highest BCUT2D eigenvalue weighted by atomic mass is 16.6. The van der Waals surface area contributed by atoms with Crippen molar-refractivity contribution < 1.29 is 14.3 Å². The first-order chi connectivity index (χ1) is 10.4. The molecule has 5 nitrogen and oxygen atoms in total. The molecule has 4 rings (SSSR count). The number of carbonyl (C=O) groups is 1. The zero-order valence-corrected chi connectivity index (χ0v) is 13.3. The number of carbonyl (C=O) groups excluding carboxylic acids is 1. The van der Waals surface area contributed by atoms with Crippen molar-refractivity contribution in [2.75, 3.05) is 13.7 Å². The number of amides is 1. The molecule has 116 valence electrons. The van der Waals surface area contributed by atoms with Gasteiger partial charge in [-0.15, -0.1) is 0 Å². The Morgan fingerprint density at radius 3 is 2.82 bits per heavy atom. The molecule has 1 aromatic heterocycles. The molecule has 2 aromatic rings.